The number of rotatable bonds is 4. The number of hydrogen-bond acceptors (Lipinski definition) is 1. The predicted molar refractivity (Wildman–Crippen MR) is 45.5 cm³/mol. The molecule has 1 N–H and O–H groups in total. The third-order valence-electron chi connectivity index (χ3n) is 1.92. The van der Waals surface area contributed by atoms with Crippen LogP contribution >= 0.6 is 0 Å². The van der Waals surface area contributed by atoms with Gasteiger partial charge in [-0.3, -0.25) is 0 Å². The Morgan fingerprint density at radius 2 is 2.00 bits per heavy atom. The summed E-state index contributed by atoms with van der Waals surface area (Å²) in [7, 11) is 0. The summed E-state index contributed by atoms with van der Waals surface area (Å²) in [5, 5.41) is 8.60. The molecule has 0 spiro atoms. The van der Waals surface area contributed by atoms with Gasteiger partial charge >= 0.3 is 0 Å². The Morgan fingerprint density at radius 3 is 2.55 bits per heavy atom. The van der Waals surface area contributed by atoms with Crippen molar-refractivity contribution in [2.45, 2.75) is 25.8 Å². The van der Waals surface area contributed by atoms with Gasteiger partial charge in [0.25, 0.3) is 0 Å². The van der Waals surface area contributed by atoms with E-state index in [1.54, 1.807) is 0 Å². The zero-order valence-corrected chi connectivity index (χ0v) is 6.90. The molecule has 0 saturated heterocycles. The molecule has 0 aliphatic carbocycles. The standard InChI is InChI=1S/C9H15NO/c1-9(5-4-8-11)10-6-2-3-7-10/h2-3,6-7,9,11H,4-5,8H2,1H3/t9-/m1/s1. The van der Waals surface area contributed by atoms with Crippen LogP contribution in [-0.2, 0) is 0 Å². The summed E-state index contributed by atoms with van der Waals surface area (Å²) >= 11 is 0. The second kappa shape index (κ2) is 4.19. The molecule has 0 aromatic carbocycles. The van der Waals surface area contributed by atoms with Crippen molar-refractivity contribution in [2.75, 3.05) is 6.61 Å². The van der Waals surface area contributed by atoms with E-state index in [4.69, 9.17) is 5.11 Å². The van der Waals surface area contributed by atoms with Crippen LogP contribution in [0.25, 0.3) is 0 Å². The summed E-state index contributed by atoms with van der Waals surface area (Å²) in [6.07, 6.45) is 6.05. The van der Waals surface area contributed by atoms with Crippen LogP contribution in [0.3, 0.4) is 0 Å². The van der Waals surface area contributed by atoms with Gasteiger partial charge in [-0.15, -0.1) is 0 Å². The minimum absolute atomic E-state index is 0.297. The molecule has 11 heavy (non-hydrogen) atoms. The molecular weight excluding hydrogens is 138 g/mol. The summed E-state index contributed by atoms with van der Waals surface area (Å²) in [5.74, 6) is 0. The first-order valence-corrected chi connectivity index (χ1v) is 4.08. The van der Waals surface area contributed by atoms with E-state index in [0.717, 1.165) is 12.8 Å². The van der Waals surface area contributed by atoms with E-state index in [9.17, 15) is 0 Å². The summed E-state index contributed by atoms with van der Waals surface area (Å²) in [5.41, 5.74) is 0. The average Bonchev–Trinajstić information content (AvgIpc) is 2.52. The Balaban J connectivity index is 2.36. The van der Waals surface area contributed by atoms with E-state index in [-0.39, 0.29) is 0 Å². The SMILES string of the molecule is C[C@H](CCCO)n1cccc1. The third kappa shape index (κ3) is 2.39. The molecule has 1 heterocycles. The molecule has 2 heteroatoms. The zero-order valence-electron chi connectivity index (χ0n) is 6.90. The van der Waals surface area contributed by atoms with Gasteiger partial charge in [-0.2, -0.15) is 0 Å². The highest BCUT2D eigenvalue weighted by Crippen LogP contribution is 2.11. The number of aromatic nitrogens is 1. The van der Waals surface area contributed by atoms with Crippen molar-refractivity contribution in [1.29, 1.82) is 0 Å². The lowest BCUT2D eigenvalue weighted by molar-refractivity contribution is 0.274. The number of hydrogen-bond donors (Lipinski definition) is 1. The van der Waals surface area contributed by atoms with Crippen molar-refractivity contribution in [3.63, 3.8) is 0 Å². The first kappa shape index (κ1) is 8.34. The average molecular weight is 153 g/mol. The van der Waals surface area contributed by atoms with Gasteiger partial charge in [0.1, 0.15) is 0 Å². The van der Waals surface area contributed by atoms with Crippen LogP contribution in [-0.4, -0.2) is 16.3 Å². The molecule has 0 bridgehead atoms. The van der Waals surface area contributed by atoms with Crippen molar-refractivity contribution in [3.05, 3.63) is 24.5 Å². The highest BCUT2D eigenvalue weighted by molar-refractivity contribution is 4.92. The van der Waals surface area contributed by atoms with Crippen molar-refractivity contribution in [3.8, 4) is 0 Å². The van der Waals surface area contributed by atoms with Crippen molar-refractivity contribution in [2.24, 2.45) is 0 Å². The Kier molecular flexibility index (Phi) is 3.17. The van der Waals surface area contributed by atoms with E-state index >= 15 is 0 Å². The van der Waals surface area contributed by atoms with Crippen LogP contribution in [0.4, 0.5) is 0 Å². The largest absolute Gasteiger partial charge is 0.396 e. The van der Waals surface area contributed by atoms with Gasteiger partial charge in [0.05, 0.1) is 0 Å². The smallest absolute Gasteiger partial charge is 0.0431 e. The van der Waals surface area contributed by atoms with Crippen molar-refractivity contribution >= 4 is 0 Å². The van der Waals surface area contributed by atoms with Crippen molar-refractivity contribution < 1.29 is 5.11 Å². The molecule has 0 amide bonds. The van der Waals surface area contributed by atoms with E-state index in [0.29, 0.717) is 12.6 Å². The summed E-state index contributed by atoms with van der Waals surface area (Å²) < 4.78 is 2.16. The maximum Gasteiger partial charge on any atom is 0.0431 e. The molecule has 1 rings (SSSR count). The van der Waals surface area contributed by atoms with Gasteiger partial charge < -0.3 is 9.67 Å². The lowest BCUT2D eigenvalue weighted by Gasteiger charge is -2.11. The van der Waals surface area contributed by atoms with Gasteiger partial charge in [0, 0.05) is 25.0 Å². The lowest BCUT2D eigenvalue weighted by Crippen LogP contribution is -2.02. The van der Waals surface area contributed by atoms with Crippen LogP contribution in [0.2, 0.25) is 0 Å². The molecular formula is C9H15NO. The Bertz CT molecular complexity index is 181. The fraction of sp³-hybridized carbons (Fsp3) is 0.556. The quantitative estimate of drug-likeness (QED) is 0.701. The molecule has 62 valence electrons. The first-order valence-electron chi connectivity index (χ1n) is 4.08. The Morgan fingerprint density at radius 1 is 1.36 bits per heavy atom. The molecule has 0 aliphatic heterocycles. The highest BCUT2D eigenvalue weighted by Gasteiger charge is 2.00. The van der Waals surface area contributed by atoms with E-state index in [1.807, 2.05) is 12.1 Å². The minimum atomic E-state index is 0.297. The second-order valence-corrected chi connectivity index (χ2v) is 2.85. The van der Waals surface area contributed by atoms with Gasteiger partial charge in [-0.05, 0) is 31.9 Å². The maximum atomic E-state index is 8.60. The second-order valence-electron chi connectivity index (χ2n) is 2.85. The summed E-state index contributed by atoms with van der Waals surface area (Å²) in [6, 6.07) is 4.56. The van der Waals surface area contributed by atoms with Crippen LogP contribution in [0.1, 0.15) is 25.8 Å². The fourth-order valence-corrected chi connectivity index (χ4v) is 1.18. The molecule has 0 saturated carbocycles. The van der Waals surface area contributed by atoms with Crippen LogP contribution in [0, 0.1) is 0 Å². The van der Waals surface area contributed by atoms with Crippen LogP contribution < -0.4 is 0 Å². The van der Waals surface area contributed by atoms with Gasteiger partial charge in [0.15, 0.2) is 0 Å². The normalized spacial score (nSPS) is 13.3. The molecule has 0 aliphatic rings. The minimum Gasteiger partial charge on any atom is -0.396 e. The van der Waals surface area contributed by atoms with E-state index in [1.165, 1.54) is 0 Å². The molecule has 1 atom stereocenters. The number of aliphatic hydroxyl groups is 1. The van der Waals surface area contributed by atoms with E-state index < -0.39 is 0 Å². The highest BCUT2D eigenvalue weighted by atomic mass is 16.2. The predicted octanol–water partition coefficient (Wildman–Crippen LogP) is 1.82. The molecule has 0 radical (unpaired) electrons. The van der Waals surface area contributed by atoms with Crippen LogP contribution in [0.5, 0.6) is 0 Å². The first-order chi connectivity index (χ1) is 5.34. The molecule has 0 unspecified atom stereocenters. The Hall–Kier alpha value is -0.760. The van der Waals surface area contributed by atoms with Gasteiger partial charge in [-0.1, -0.05) is 0 Å². The molecule has 1 aromatic heterocycles. The van der Waals surface area contributed by atoms with E-state index in [2.05, 4.69) is 23.9 Å². The van der Waals surface area contributed by atoms with Crippen molar-refractivity contribution in [1.82, 2.24) is 4.57 Å². The Labute approximate surface area is 67.5 Å². The summed E-state index contributed by atoms with van der Waals surface area (Å²) in [4.78, 5) is 0. The topological polar surface area (TPSA) is 25.2 Å². The number of nitrogens with zero attached hydrogens (tertiary/aromatic N) is 1. The molecule has 0 fully saturated rings. The van der Waals surface area contributed by atoms with Crippen LogP contribution in [0.15, 0.2) is 24.5 Å². The monoisotopic (exact) mass is 153 g/mol. The lowest BCUT2D eigenvalue weighted by atomic mass is 10.2. The molecule has 2 nitrogen and oxygen atoms in total. The fourth-order valence-electron chi connectivity index (χ4n) is 1.18. The van der Waals surface area contributed by atoms with Gasteiger partial charge in [-0.25, -0.2) is 0 Å². The summed E-state index contributed by atoms with van der Waals surface area (Å²) in [6.45, 7) is 2.46. The number of aliphatic hydroxyl groups excluding tert-OH is 1. The third-order valence-corrected chi connectivity index (χ3v) is 1.92. The maximum absolute atomic E-state index is 8.60. The zero-order chi connectivity index (χ0) is 8.10. The molecule has 1 aromatic rings. The van der Waals surface area contributed by atoms with Gasteiger partial charge in [0.2, 0.25) is 0 Å².